The lowest BCUT2D eigenvalue weighted by molar-refractivity contribution is -0.132. The van der Waals surface area contributed by atoms with Gasteiger partial charge in [-0.2, -0.15) is 5.10 Å². The normalized spacial score (nSPS) is 17.8. The largest absolute Gasteiger partial charge is 0.351 e. The molecule has 1 saturated heterocycles. The fourth-order valence-electron chi connectivity index (χ4n) is 3.72. The van der Waals surface area contributed by atoms with E-state index in [1.807, 2.05) is 57.4 Å². The van der Waals surface area contributed by atoms with Crippen LogP contribution in [0.1, 0.15) is 31.4 Å². The highest BCUT2D eigenvalue weighted by molar-refractivity contribution is 6.30. The van der Waals surface area contributed by atoms with Gasteiger partial charge in [0.2, 0.25) is 5.91 Å². The fourth-order valence-corrected chi connectivity index (χ4v) is 3.85. The van der Waals surface area contributed by atoms with E-state index in [4.69, 9.17) is 11.6 Å². The Labute approximate surface area is 172 Å². The Morgan fingerprint density at radius 1 is 1.29 bits per heavy atom. The van der Waals surface area contributed by atoms with E-state index in [-0.39, 0.29) is 11.9 Å². The van der Waals surface area contributed by atoms with Crippen molar-refractivity contribution >= 4 is 23.3 Å². The topological polar surface area (TPSA) is 52.6 Å². The van der Waals surface area contributed by atoms with Crippen molar-refractivity contribution < 1.29 is 4.79 Å². The van der Waals surface area contributed by atoms with Crippen LogP contribution in [0.2, 0.25) is 5.02 Å². The molecular formula is C21H28ClN5O. The quantitative estimate of drug-likeness (QED) is 0.712. The molecule has 28 heavy (non-hydrogen) atoms. The van der Waals surface area contributed by atoms with Crippen LogP contribution < -0.4 is 4.90 Å². The first-order chi connectivity index (χ1) is 13.5. The molecule has 0 aliphatic carbocycles. The van der Waals surface area contributed by atoms with E-state index in [2.05, 4.69) is 20.0 Å². The van der Waals surface area contributed by atoms with E-state index in [1.165, 1.54) is 0 Å². The van der Waals surface area contributed by atoms with Gasteiger partial charge in [-0.3, -0.25) is 9.69 Å². The van der Waals surface area contributed by atoms with E-state index in [1.54, 1.807) is 11.1 Å². The predicted octanol–water partition coefficient (Wildman–Crippen LogP) is 3.25. The first-order valence-electron chi connectivity index (χ1n) is 9.69. The molecule has 1 amide bonds. The van der Waals surface area contributed by atoms with E-state index in [0.29, 0.717) is 17.6 Å². The minimum atomic E-state index is 0.000684. The summed E-state index contributed by atoms with van der Waals surface area (Å²) in [5, 5.41) is 8.94. The fraction of sp³-hybridized carbons (Fsp3) is 0.476. The maximum absolute atomic E-state index is 12.8. The maximum atomic E-state index is 12.8. The number of likely N-dealkylation sites (N-methyl/N-ethyl adjacent to an activating group) is 2. The average Bonchev–Trinajstić information content (AvgIpc) is 3.16. The molecule has 3 rings (SSSR count). The summed E-state index contributed by atoms with van der Waals surface area (Å²) < 4.78 is 0. The molecule has 2 atom stereocenters. The van der Waals surface area contributed by atoms with Crippen LogP contribution in [0, 0.1) is 0 Å². The summed E-state index contributed by atoms with van der Waals surface area (Å²) in [7, 11) is 3.86. The van der Waals surface area contributed by atoms with Gasteiger partial charge in [-0.25, -0.2) is 0 Å². The second-order valence-corrected chi connectivity index (χ2v) is 7.94. The van der Waals surface area contributed by atoms with Gasteiger partial charge in [-0.1, -0.05) is 23.7 Å². The third kappa shape index (κ3) is 5.00. The molecule has 150 valence electrons. The number of rotatable bonds is 7. The van der Waals surface area contributed by atoms with Gasteiger partial charge in [0.05, 0.1) is 12.6 Å². The molecule has 1 aromatic carbocycles. The van der Waals surface area contributed by atoms with E-state index >= 15 is 0 Å². The van der Waals surface area contributed by atoms with Crippen LogP contribution in [0.25, 0.3) is 0 Å². The zero-order valence-corrected chi connectivity index (χ0v) is 17.5. The number of hydrogen-bond donors (Lipinski definition) is 0. The van der Waals surface area contributed by atoms with Crippen molar-refractivity contribution in [1.29, 1.82) is 0 Å². The number of amides is 1. The summed E-state index contributed by atoms with van der Waals surface area (Å²) in [5.74, 6) is 1.02. The first kappa shape index (κ1) is 20.6. The molecule has 0 saturated carbocycles. The molecule has 1 fully saturated rings. The van der Waals surface area contributed by atoms with Crippen LogP contribution in [-0.2, 0) is 4.79 Å². The summed E-state index contributed by atoms with van der Waals surface area (Å²) in [6.07, 6.45) is 3.93. The predicted molar refractivity (Wildman–Crippen MR) is 113 cm³/mol. The van der Waals surface area contributed by atoms with Crippen LogP contribution in [0.4, 0.5) is 5.82 Å². The Bertz CT molecular complexity index is 770. The molecule has 2 heterocycles. The van der Waals surface area contributed by atoms with Gasteiger partial charge < -0.3 is 9.80 Å². The summed E-state index contributed by atoms with van der Waals surface area (Å²) >= 11 is 5.96. The minimum absolute atomic E-state index is 0.000684. The van der Waals surface area contributed by atoms with Gasteiger partial charge in [0.15, 0.2) is 5.82 Å². The third-order valence-corrected chi connectivity index (χ3v) is 5.74. The molecule has 0 radical (unpaired) electrons. The lowest BCUT2D eigenvalue weighted by atomic mass is 10.1. The minimum Gasteiger partial charge on any atom is -0.351 e. The Morgan fingerprint density at radius 2 is 2.04 bits per heavy atom. The number of hydrogen-bond acceptors (Lipinski definition) is 5. The highest BCUT2D eigenvalue weighted by Gasteiger charge is 2.28. The van der Waals surface area contributed by atoms with Crippen molar-refractivity contribution in [1.82, 2.24) is 20.0 Å². The maximum Gasteiger partial charge on any atom is 0.236 e. The van der Waals surface area contributed by atoms with Gasteiger partial charge in [0.1, 0.15) is 0 Å². The summed E-state index contributed by atoms with van der Waals surface area (Å²) in [6, 6.07) is 11.9. The monoisotopic (exact) mass is 401 g/mol. The zero-order valence-electron chi connectivity index (χ0n) is 16.8. The number of anilines is 1. The lowest BCUT2D eigenvalue weighted by Crippen LogP contribution is -2.44. The number of halogens is 1. The molecule has 6 nitrogen and oxygen atoms in total. The SMILES string of the molecule is CC(c1ccc(Cl)cc1)N(C)C(=O)CN(C)CC1CCCN1c1cccnn1. The number of carbonyl (C=O) groups is 1. The zero-order chi connectivity index (χ0) is 20.1. The number of aromatic nitrogens is 2. The van der Waals surface area contributed by atoms with Crippen molar-refractivity contribution in [3.8, 4) is 0 Å². The van der Waals surface area contributed by atoms with Gasteiger partial charge >= 0.3 is 0 Å². The van der Waals surface area contributed by atoms with Gasteiger partial charge in [-0.15, -0.1) is 5.10 Å². The molecule has 2 unspecified atom stereocenters. The molecule has 2 aromatic rings. The first-order valence-corrected chi connectivity index (χ1v) is 10.1. The van der Waals surface area contributed by atoms with Crippen LogP contribution in [0.3, 0.4) is 0 Å². The highest BCUT2D eigenvalue weighted by Crippen LogP contribution is 2.24. The Morgan fingerprint density at radius 3 is 2.71 bits per heavy atom. The lowest BCUT2D eigenvalue weighted by Gasteiger charge is -2.31. The molecular weight excluding hydrogens is 374 g/mol. The van der Waals surface area contributed by atoms with Crippen LogP contribution in [0.15, 0.2) is 42.6 Å². The Balaban J connectivity index is 1.55. The van der Waals surface area contributed by atoms with Crippen molar-refractivity contribution in [3.05, 3.63) is 53.2 Å². The Kier molecular flexibility index (Phi) is 6.86. The second-order valence-electron chi connectivity index (χ2n) is 7.50. The van der Waals surface area contributed by atoms with Crippen molar-refractivity contribution in [2.75, 3.05) is 38.6 Å². The standard InChI is InChI=1S/C21H28ClN5O/c1-16(17-8-10-18(22)11-9-17)26(3)21(28)15-25(2)14-19-6-5-13-27(19)20-7-4-12-23-24-20/h4,7-12,16,19H,5-6,13-15H2,1-3H3. The van der Waals surface area contributed by atoms with Crippen LogP contribution >= 0.6 is 11.6 Å². The molecule has 1 aromatic heterocycles. The third-order valence-electron chi connectivity index (χ3n) is 5.48. The van der Waals surface area contributed by atoms with Gasteiger partial charge in [0, 0.05) is 37.4 Å². The number of benzene rings is 1. The van der Waals surface area contributed by atoms with E-state index < -0.39 is 0 Å². The van der Waals surface area contributed by atoms with Gasteiger partial charge in [0.25, 0.3) is 0 Å². The van der Waals surface area contributed by atoms with Crippen LogP contribution in [0.5, 0.6) is 0 Å². The van der Waals surface area contributed by atoms with Crippen molar-refractivity contribution in [3.63, 3.8) is 0 Å². The molecule has 1 aliphatic heterocycles. The summed E-state index contributed by atoms with van der Waals surface area (Å²) in [4.78, 5) is 19.0. The molecule has 0 spiro atoms. The van der Waals surface area contributed by atoms with E-state index in [0.717, 1.165) is 37.3 Å². The molecule has 1 aliphatic rings. The number of carbonyl (C=O) groups excluding carboxylic acids is 1. The molecule has 7 heteroatoms. The molecule has 0 N–H and O–H groups in total. The molecule has 0 bridgehead atoms. The summed E-state index contributed by atoms with van der Waals surface area (Å²) in [5.41, 5.74) is 1.08. The summed E-state index contributed by atoms with van der Waals surface area (Å²) in [6.45, 7) is 4.23. The Hall–Kier alpha value is -2.18. The van der Waals surface area contributed by atoms with Crippen molar-refractivity contribution in [2.24, 2.45) is 0 Å². The number of nitrogens with zero attached hydrogens (tertiary/aromatic N) is 5. The second kappa shape index (κ2) is 9.34. The smallest absolute Gasteiger partial charge is 0.236 e. The van der Waals surface area contributed by atoms with E-state index in [9.17, 15) is 4.79 Å². The van der Waals surface area contributed by atoms with Crippen LogP contribution in [-0.4, -0.2) is 65.7 Å². The van der Waals surface area contributed by atoms with Gasteiger partial charge in [-0.05, 0) is 56.6 Å². The average molecular weight is 402 g/mol. The van der Waals surface area contributed by atoms with Crippen molar-refractivity contribution in [2.45, 2.75) is 31.8 Å². The highest BCUT2D eigenvalue weighted by atomic mass is 35.5.